The van der Waals surface area contributed by atoms with E-state index in [1.54, 1.807) is 24.4 Å². The maximum atomic E-state index is 9.44. The molecule has 1 aromatic heterocycles. The quantitative estimate of drug-likeness (QED) is 0.528. The fourth-order valence-electron chi connectivity index (χ4n) is 2.15. The second kappa shape index (κ2) is 7.71. The van der Waals surface area contributed by atoms with Crippen LogP contribution >= 0.6 is 34.5 Å². The summed E-state index contributed by atoms with van der Waals surface area (Å²) in [6.45, 7) is 2.04. The fourth-order valence-corrected chi connectivity index (χ4v) is 3.41. The van der Waals surface area contributed by atoms with E-state index >= 15 is 0 Å². The molecule has 3 rings (SSSR count). The Balaban J connectivity index is 1.84. The van der Waals surface area contributed by atoms with Crippen molar-refractivity contribution in [2.45, 2.75) is 6.92 Å². The van der Waals surface area contributed by atoms with Gasteiger partial charge < -0.3 is 5.32 Å². The summed E-state index contributed by atoms with van der Waals surface area (Å²) < 4.78 is 0. The summed E-state index contributed by atoms with van der Waals surface area (Å²) >= 11 is 13.4. The summed E-state index contributed by atoms with van der Waals surface area (Å²) in [6.07, 6.45) is 1.60. The number of thiazole rings is 1. The van der Waals surface area contributed by atoms with Crippen LogP contribution in [0.1, 0.15) is 10.6 Å². The van der Waals surface area contributed by atoms with E-state index in [9.17, 15) is 5.26 Å². The lowest BCUT2D eigenvalue weighted by molar-refractivity contribution is 1.36. The van der Waals surface area contributed by atoms with E-state index in [4.69, 9.17) is 23.2 Å². The van der Waals surface area contributed by atoms with Crippen LogP contribution in [0.15, 0.2) is 54.0 Å². The highest BCUT2D eigenvalue weighted by molar-refractivity contribution is 7.11. The maximum absolute atomic E-state index is 9.44. The molecule has 0 saturated carbocycles. The predicted octanol–water partition coefficient (Wildman–Crippen LogP) is 6.40. The lowest BCUT2D eigenvalue weighted by Crippen LogP contribution is -1.92. The van der Waals surface area contributed by atoms with E-state index in [1.165, 1.54) is 16.9 Å². The van der Waals surface area contributed by atoms with E-state index in [0.29, 0.717) is 26.3 Å². The second-order valence-electron chi connectivity index (χ2n) is 5.34. The number of aryl methyl sites for hydroxylation is 1. The lowest BCUT2D eigenvalue weighted by atomic mass is 10.1. The summed E-state index contributed by atoms with van der Waals surface area (Å²) in [4.78, 5) is 4.56. The Morgan fingerprint density at radius 3 is 2.64 bits per heavy atom. The van der Waals surface area contributed by atoms with Crippen LogP contribution in [0.25, 0.3) is 16.8 Å². The molecule has 124 valence electrons. The van der Waals surface area contributed by atoms with Gasteiger partial charge in [-0.05, 0) is 25.1 Å². The zero-order chi connectivity index (χ0) is 17.8. The van der Waals surface area contributed by atoms with Gasteiger partial charge in [-0.3, -0.25) is 0 Å². The first-order valence-corrected chi connectivity index (χ1v) is 9.05. The van der Waals surface area contributed by atoms with E-state index in [2.05, 4.69) is 16.4 Å². The minimum Gasteiger partial charge on any atom is -0.359 e. The van der Waals surface area contributed by atoms with Crippen molar-refractivity contribution in [3.63, 3.8) is 0 Å². The SMILES string of the molecule is Cc1ccc(-c2csc(/C(C#N)=C\Nc3ccc(Cl)cc3Cl)n2)cc1. The molecule has 0 unspecified atom stereocenters. The lowest BCUT2D eigenvalue weighted by Gasteiger charge is -2.04. The number of rotatable bonds is 4. The molecule has 0 aliphatic rings. The van der Waals surface area contributed by atoms with Gasteiger partial charge >= 0.3 is 0 Å². The number of aromatic nitrogens is 1. The van der Waals surface area contributed by atoms with Crippen LogP contribution in [0.2, 0.25) is 10.0 Å². The van der Waals surface area contributed by atoms with Crippen LogP contribution in [0, 0.1) is 18.3 Å². The molecule has 1 N–H and O–H groups in total. The van der Waals surface area contributed by atoms with Crippen molar-refractivity contribution in [2.24, 2.45) is 0 Å². The molecule has 0 atom stereocenters. The molecule has 0 amide bonds. The van der Waals surface area contributed by atoms with Crippen molar-refractivity contribution in [1.29, 1.82) is 5.26 Å². The van der Waals surface area contributed by atoms with Gasteiger partial charge in [0.05, 0.1) is 16.4 Å². The Kier molecular flexibility index (Phi) is 5.40. The molecular weight excluding hydrogens is 373 g/mol. The Labute approximate surface area is 160 Å². The van der Waals surface area contributed by atoms with E-state index < -0.39 is 0 Å². The third-order valence-electron chi connectivity index (χ3n) is 3.51. The van der Waals surface area contributed by atoms with Crippen molar-refractivity contribution in [2.75, 3.05) is 5.32 Å². The molecule has 2 aromatic carbocycles. The van der Waals surface area contributed by atoms with Crippen molar-refractivity contribution >= 4 is 45.8 Å². The van der Waals surface area contributed by atoms with Gasteiger partial charge in [-0.1, -0.05) is 53.0 Å². The van der Waals surface area contributed by atoms with Crippen LogP contribution in [0.3, 0.4) is 0 Å². The summed E-state index contributed by atoms with van der Waals surface area (Å²) in [5, 5.41) is 16.1. The van der Waals surface area contributed by atoms with E-state index in [-0.39, 0.29) is 0 Å². The normalized spacial score (nSPS) is 11.2. The molecule has 0 fully saturated rings. The van der Waals surface area contributed by atoms with Crippen LogP contribution in [0.5, 0.6) is 0 Å². The number of hydrogen-bond donors (Lipinski definition) is 1. The summed E-state index contributed by atoms with van der Waals surface area (Å²) in [5.41, 5.74) is 4.19. The zero-order valence-electron chi connectivity index (χ0n) is 13.3. The first-order chi connectivity index (χ1) is 12.1. The molecule has 0 aliphatic carbocycles. The molecule has 6 heteroatoms. The fraction of sp³-hybridized carbons (Fsp3) is 0.0526. The molecule has 0 bridgehead atoms. The third-order valence-corrected chi connectivity index (χ3v) is 4.93. The molecule has 0 saturated heterocycles. The Morgan fingerprint density at radius 2 is 1.96 bits per heavy atom. The van der Waals surface area contributed by atoms with E-state index in [0.717, 1.165) is 11.3 Å². The first-order valence-electron chi connectivity index (χ1n) is 7.41. The second-order valence-corrected chi connectivity index (χ2v) is 7.04. The average Bonchev–Trinajstić information content (AvgIpc) is 3.07. The van der Waals surface area contributed by atoms with Gasteiger partial charge in [0.15, 0.2) is 0 Å². The molecule has 0 spiro atoms. The number of nitriles is 1. The number of nitrogens with zero attached hydrogens (tertiary/aromatic N) is 2. The molecule has 25 heavy (non-hydrogen) atoms. The molecule has 1 heterocycles. The van der Waals surface area contributed by atoms with Crippen molar-refractivity contribution in [3.8, 4) is 17.3 Å². The van der Waals surface area contributed by atoms with Gasteiger partial charge in [0.2, 0.25) is 0 Å². The summed E-state index contributed by atoms with van der Waals surface area (Å²) in [7, 11) is 0. The predicted molar refractivity (Wildman–Crippen MR) is 106 cm³/mol. The molecular formula is C19H13Cl2N3S. The number of hydrogen-bond acceptors (Lipinski definition) is 4. The molecule has 0 aliphatic heterocycles. The largest absolute Gasteiger partial charge is 0.359 e. The number of nitrogens with one attached hydrogen (secondary N) is 1. The van der Waals surface area contributed by atoms with E-state index in [1.807, 2.05) is 36.6 Å². The van der Waals surface area contributed by atoms with Crippen LogP contribution in [-0.2, 0) is 0 Å². The topological polar surface area (TPSA) is 48.7 Å². The van der Waals surface area contributed by atoms with Crippen molar-refractivity contribution < 1.29 is 0 Å². The molecule has 3 nitrogen and oxygen atoms in total. The summed E-state index contributed by atoms with van der Waals surface area (Å²) in [6, 6.07) is 15.4. The van der Waals surface area contributed by atoms with Crippen LogP contribution < -0.4 is 5.32 Å². The third kappa shape index (κ3) is 4.21. The highest BCUT2D eigenvalue weighted by atomic mass is 35.5. The van der Waals surface area contributed by atoms with Gasteiger partial charge in [0, 0.05) is 22.2 Å². The monoisotopic (exact) mass is 385 g/mol. The number of allylic oxidation sites excluding steroid dienone is 1. The number of anilines is 1. The molecule has 0 radical (unpaired) electrons. The number of halogens is 2. The highest BCUT2D eigenvalue weighted by Crippen LogP contribution is 2.28. The first kappa shape index (κ1) is 17.5. The van der Waals surface area contributed by atoms with Gasteiger partial charge in [0.25, 0.3) is 0 Å². The standard InChI is InChI=1S/C19H13Cl2N3S/c1-12-2-4-13(5-3-12)18-11-25-19(24-18)14(9-22)10-23-17-7-6-15(20)8-16(17)21/h2-8,10-11,23H,1H3/b14-10-. The summed E-state index contributed by atoms with van der Waals surface area (Å²) in [5.74, 6) is 0. The Hall–Kier alpha value is -2.32. The van der Waals surface area contributed by atoms with Gasteiger partial charge in [-0.15, -0.1) is 11.3 Å². The van der Waals surface area contributed by atoms with Crippen LogP contribution in [0.4, 0.5) is 5.69 Å². The minimum absolute atomic E-state index is 0.439. The van der Waals surface area contributed by atoms with Crippen molar-refractivity contribution in [1.82, 2.24) is 4.98 Å². The minimum atomic E-state index is 0.439. The van der Waals surface area contributed by atoms with Crippen molar-refractivity contribution in [3.05, 3.63) is 74.7 Å². The van der Waals surface area contributed by atoms with Crippen LogP contribution in [-0.4, -0.2) is 4.98 Å². The Morgan fingerprint density at radius 1 is 1.20 bits per heavy atom. The highest BCUT2D eigenvalue weighted by Gasteiger charge is 2.09. The zero-order valence-corrected chi connectivity index (χ0v) is 15.6. The molecule has 3 aromatic rings. The van der Waals surface area contributed by atoms with Gasteiger partial charge in [-0.2, -0.15) is 5.26 Å². The van der Waals surface area contributed by atoms with Gasteiger partial charge in [-0.25, -0.2) is 4.98 Å². The van der Waals surface area contributed by atoms with Gasteiger partial charge in [0.1, 0.15) is 16.6 Å². The number of benzene rings is 2. The maximum Gasteiger partial charge on any atom is 0.136 e. The smallest absolute Gasteiger partial charge is 0.136 e. The Bertz CT molecular complexity index is 969. The average molecular weight is 386 g/mol.